The molecule has 0 bridgehead atoms. The van der Waals surface area contributed by atoms with E-state index < -0.39 is 0 Å². The minimum atomic E-state index is 0.145. The van der Waals surface area contributed by atoms with Gasteiger partial charge in [0.2, 0.25) is 0 Å². The number of likely N-dealkylation sites (tertiary alicyclic amines) is 1. The summed E-state index contributed by atoms with van der Waals surface area (Å²) in [5.41, 5.74) is 2.79. The summed E-state index contributed by atoms with van der Waals surface area (Å²) < 4.78 is 0. The number of piperidine rings is 1. The van der Waals surface area contributed by atoms with E-state index in [1.807, 2.05) is 12.1 Å². The monoisotopic (exact) mass is 295 g/mol. The first kappa shape index (κ1) is 15.1. The second-order valence-electron chi connectivity index (χ2n) is 6.84. The van der Waals surface area contributed by atoms with Crippen LogP contribution in [0.4, 0.5) is 0 Å². The van der Waals surface area contributed by atoms with E-state index in [4.69, 9.17) is 0 Å². The third kappa shape index (κ3) is 3.02. The van der Waals surface area contributed by atoms with Crippen LogP contribution in [-0.4, -0.2) is 23.1 Å². The molecule has 2 heteroatoms. The van der Waals surface area contributed by atoms with Crippen LogP contribution >= 0.6 is 0 Å². The summed E-state index contributed by atoms with van der Waals surface area (Å²) >= 11 is 0. The molecule has 22 heavy (non-hydrogen) atoms. The van der Waals surface area contributed by atoms with Gasteiger partial charge in [0.25, 0.3) is 0 Å². The fraction of sp³-hybridized carbons (Fsp3) is 0.400. The molecular weight excluding hydrogens is 270 g/mol. The molecule has 0 amide bonds. The molecule has 1 saturated heterocycles. The summed E-state index contributed by atoms with van der Waals surface area (Å²) in [6.45, 7) is 7.90. The number of phenols is 1. The second kappa shape index (κ2) is 6.13. The largest absolute Gasteiger partial charge is 0.508 e. The number of nitrogens with zero attached hydrogens (tertiary/aromatic N) is 1. The van der Waals surface area contributed by atoms with Crippen molar-refractivity contribution in [2.75, 3.05) is 13.1 Å². The molecule has 116 valence electrons. The lowest BCUT2D eigenvalue weighted by Crippen LogP contribution is -2.46. The number of hydrogen-bond donors (Lipinski definition) is 1. The van der Waals surface area contributed by atoms with Gasteiger partial charge in [-0.3, -0.25) is 4.90 Å². The fourth-order valence-corrected chi connectivity index (χ4v) is 3.59. The molecule has 1 N–H and O–H groups in total. The Hall–Kier alpha value is -1.80. The van der Waals surface area contributed by atoms with Gasteiger partial charge in [-0.2, -0.15) is 0 Å². The highest BCUT2D eigenvalue weighted by Gasteiger charge is 2.37. The highest BCUT2D eigenvalue weighted by atomic mass is 16.3. The van der Waals surface area contributed by atoms with Gasteiger partial charge in [-0.05, 0) is 47.6 Å². The van der Waals surface area contributed by atoms with Gasteiger partial charge in [0.05, 0.1) is 0 Å². The van der Waals surface area contributed by atoms with Crippen molar-refractivity contribution in [3.05, 3.63) is 65.7 Å². The highest BCUT2D eigenvalue weighted by molar-refractivity contribution is 5.33. The lowest BCUT2D eigenvalue weighted by atomic mass is 9.68. The number of rotatable bonds is 3. The molecule has 2 nitrogen and oxygen atoms in total. The normalized spacial score (nSPS) is 26.0. The van der Waals surface area contributed by atoms with Crippen molar-refractivity contribution in [1.29, 1.82) is 0 Å². The average Bonchev–Trinajstić information content (AvgIpc) is 2.52. The van der Waals surface area contributed by atoms with Crippen molar-refractivity contribution >= 4 is 0 Å². The third-order valence-electron chi connectivity index (χ3n) is 5.32. The molecule has 0 aliphatic carbocycles. The minimum absolute atomic E-state index is 0.145. The van der Waals surface area contributed by atoms with E-state index in [1.165, 1.54) is 11.1 Å². The smallest absolute Gasteiger partial charge is 0.115 e. The summed E-state index contributed by atoms with van der Waals surface area (Å²) in [5, 5.41) is 9.78. The van der Waals surface area contributed by atoms with Crippen LogP contribution in [0.5, 0.6) is 5.75 Å². The van der Waals surface area contributed by atoms with E-state index in [0.717, 1.165) is 26.1 Å². The lowest BCUT2D eigenvalue weighted by molar-refractivity contribution is 0.105. The van der Waals surface area contributed by atoms with Gasteiger partial charge in [0, 0.05) is 13.1 Å². The maximum atomic E-state index is 9.78. The molecule has 0 saturated carbocycles. The van der Waals surface area contributed by atoms with E-state index in [-0.39, 0.29) is 5.41 Å². The molecule has 2 aromatic carbocycles. The standard InChI is InChI=1S/C20H25NO/c1-16-14-21(15-17-7-4-3-5-8-17)12-11-20(16,2)18-9-6-10-19(22)13-18/h3-10,13,16,22H,11-12,14-15H2,1-2H3/t16-,20+/m0/s1. The number of phenolic OH excluding ortho intramolecular Hbond substituents is 1. The van der Waals surface area contributed by atoms with Crippen molar-refractivity contribution in [2.24, 2.45) is 5.92 Å². The molecule has 1 fully saturated rings. The van der Waals surface area contributed by atoms with Crippen molar-refractivity contribution < 1.29 is 5.11 Å². The van der Waals surface area contributed by atoms with Crippen LogP contribution < -0.4 is 0 Å². The third-order valence-corrected chi connectivity index (χ3v) is 5.32. The van der Waals surface area contributed by atoms with Gasteiger partial charge in [-0.1, -0.05) is 56.3 Å². The first-order valence-electron chi connectivity index (χ1n) is 8.14. The Kier molecular flexibility index (Phi) is 4.21. The summed E-state index contributed by atoms with van der Waals surface area (Å²) in [5.74, 6) is 0.935. The van der Waals surface area contributed by atoms with Crippen LogP contribution in [0.25, 0.3) is 0 Å². The molecule has 1 heterocycles. The second-order valence-corrected chi connectivity index (χ2v) is 6.84. The Morgan fingerprint density at radius 2 is 1.91 bits per heavy atom. The van der Waals surface area contributed by atoms with Gasteiger partial charge in [0.15, 0.2) is 0 Å². The Labute approximate surface area is 133 Å². The van der Waals surface area contributed by atoms with Gasteiger partial charge in [-0.15, -0.1) is 0 Å². The van der Waals surface area contributed by atoms with Gasteiger partial charge in [0.1, 0.15) is 5.75 Å². The zero-order chi connectivity index (χ0) is 15.6. The van der Waals surface area contributed by atoms with Crippen LogP contribution in [0.2, 0.25) is 0 Å². The maximum Gasteiger partial charge on any atom is 0.115 e. The molecular formula is C20H25NO. The van der Waals surface area contributed by atoms with Crippen molar-refractivity contribution in [3.8, 4) is 5.75 Å². The summed E-state index contributed by atoms with van der Waals surface area (Å²) in [6.07, 6.45) is 1.13. The van der Waals surface area contributed by atoms with E-state index in [2.05, 4.69) is 55.1 Å². The molecule has 0 spiro atoms. The molecule has 0 unspecified atom stereocenters. The zero-order valence-electron chi connectivity index (χ0n) is 13.5. The Balaban J connectivity index is 1.72. The number of hydrogen-bond acceptors (Lipinski definition) is 2. The first-order valence-corrected chi connectivity index (χ1v) is 8.14. The number of benzene rings is 2. The lowest BCUT2D eigenvalue weighted by Gasteiger charge is -2.45. The zero-order valence-corrected chi connectivity index (χ0v) is 13.5. The Bertz CT molecular complexity index is 625. The van der Waals surface area contributed by atoms with Crippen molar-refractivity contribution in [1.82, 2.24) is 4.90 Å². The summed E-state index contributed by atoms with van der Waals surface area (Å²) in [7, 11) is 0. The van der Waals surface area contributed by atoms with Crippen molar-refractivity contribution in [3.63, 3.8) is 0 Å². The predicted molar refractivity (Wildman–Crippen MR) is 91.0 cm³/mol. The topological polar surface area (TPSA) is 23.5 Å². The number of aromatic hydroxyl groups is 1. The highest BCUT2D eigenvalue weighted by Crippen LogP contribution is 2.40. The Morgan fingerprint density at radius 3 is 2.59 bits per heavy atom. The average molecular weight is 295 g/mol. The van der Waals surface area contributed by atoms with Crippen LogP contribution in [-0.2, 0) is 12.0 Å². The summed E-state index contributed by atoms with van der Waals surface area (Å²) in [6, 6.07) is 18.5. The Morgan fingerprint density at radius 1 is 1.14 bits per heavy atom. The first-order chi connectivity index (χ1) is 10.6. The van der Waals surface area contributed by atoms with Crippen LogP contribution in [0.1, 0.15) is 31.4 Å². The quantitative estimate of drug-likeness (QED) is 0.917. The van der Waals surface area contributed by atoms with Crippen molar-refractivity contribution in [2.45, 2.75) is 32.2 Å². The molecule has 3 rings (SSSR count). The molecule has 1 aliphatic heterocycles. The van der Waals surface area contributed by atoms with Crippen LogP contribution in [0.3, 0.4) is 0 Å². The van der Waals surface area contributed by atoms with E-state index in [0.29, 0.717) is 11.7 Å². The van der Waals surface area contributed by atoms with Crippen LogP contribution in [0, 0.1) is 5.92 Å². The van der Waals surface area contributed by atoms with Gasteiger partial charge in [-0.25, -0.2) is 0 Å². The van der Waals surface area contributed by atoms with Gasteiger partial charge >= 0.3 is 0 Å². The molecule has 0 aromatic heterocycles. The van der Waals surface area contributed by atoms with E-state index in [9.17, 15) is 5.11 Å². The minimum Gasteiger partial charge on any atom is -0.508 e. The predicted octanol–water partition coefficient (Wildman–Crippen LogP) is 4.19. The maximum absolute atomic E-state index is 9.78. The SMILES string of the molecule is C[C@H]1CN(Cc2ccccc2)CC[C@@]1(C)c1cccc(O)c1. The molecule has 0 radical (unpaired) electrons. The summed E-state index contributed by atoms with van der Waals surface area (Å²) in [4.78, 5) is 2.55. The van der Waals surface area contributed by atoms with E-state index >= 15 is 0 Å². The fourth-order valence-electron chi connectivity index (χ4n) is 3.59. The van der Waals surface area contributed by atoms with E-state index in [1.54, 1.807) is 6.07 Å². The molecule has 2 aromatic rings. The van der Waals surface area contributed by atoms with Crippen LogP contribution in [0.15, 0.2) is 54.6 Å². The van der Waals surface area contributed by atoms with Gasteiger partial charge < -0.3 is 5.11 Å². The molecule has 2 atom stereocenters. The molecule has 1 aliphatic rings.